The lowest BCUT2D eigenvalue weighted by atomic mass is 10.1. The van der Waals surface area contributed by atoms with E-state index in [9.17, 15) is 9.50 Å². The Morgan fingerprint density at radius 1 is 1.52 bits per heavy atom. The number of nitrogens with zero attached hydrogens (tertiary/aromatic N) is 4. The van der Waals surface area contributed by atoms with Crippen LogP contribution in [0.3, 0.4) is 0 Å². The summed E-state index contributed by atoms with van der Waals surface area (Å²) in [6.07, 6.45) is -2.14. The average molecular weight is 326 g/mol. The van der Waals surface area contributed by atoms with Gasteiger partial charge in [-0.3, -0.25) is 9.98 Å². The van der Waals surface area contributed by atoms with Crippen molar-refractivity contribution < 1.29 is 19.3 Å². The standard InChI is InChI=1S/C13H19FN6O3/c14-7-9(22)6(3-21)23-12(7)20-4-16-8-10(17-5-1-2-5)18-13(15)19-11(8)20/h4-9,11-12,21-22H,1-3H2,(H3,15,17,18,19)/t6-,7-,8?,9-,11?,12-/m1/s1. The molecule has 1 saturated carbocycles. The summed E-state index contributed by atoms with van der Waals surface area (Å²) in [4.78, 5) is 14.7. The third-order valence-corrected chi connectivity index (χ3v) is 4.39. The Balaban J connectivity index is 1.58. The zero-order valence-corrected chi connectivity index (χ0v) is 12.3. The number of hydrogen-bond donors (Lipinski definition) is 4. The topological polar surface area (TPSA) is 128 Å². The van der Waals surface area contributed by atoms with Gasteiger partial charge in [0.05, 0.1) is 19.0 Å². The number of fused-ring (bicyclic) bond motifs is 1. The first kappa shape index (κ1) is 14.8. The lowest BCUT2D eigenvalue weighted by Crippen LogP contribution is -2.56. The molecule has 2 fully saturated rings. The summed E-state index contributed by atoms with van der Waals surface area (Å²) in [5.41, 5.74) is 5.81. The van der Waals surface area contributed by atoms with Gasteiger partial charge in [0.15, 0.2) is 24.5 Å². The monoisotopic (exact) mass is 326 g/mol. The fraction of sp³-hybridized carbons (Fsp3) is 0.769. The quantitative estimate of drug-likeness (QED) is 0.471. The van der Waals surface area contributed by atoms with Crippen molar-refractivity contribution in [2.45, 2.75) is 55.7 Å². The molecule has 1 saturated heterocycles. The second-order valence-electron chi connectivity index (χ2n) is 6.14. The number of aliphatic hydroxyl groups is 2. The van der Waals surface area contributed by atoms with Crippen LogP contribution in [0, 0.1) is 0 Å². The van der Waals surface area contributed by atoms with Gasteiger partial charge in [0.1, 0.15) is 24.1 Å². The van der Waals surface area contributed by atoms with Crippen molar-refractivity contribution in [1.82, 2.24) is 10.2 Å². The van der Waals surface area contributed by atoms with Gasteiger partial charge in [0.2, 0.25) is 0 Å². The van der Waals surface area contributed by atoms with E-state index in [4.69, 9.17) is 15.6 Å². The molecule has 1 aliphatic carbocycles. The molecule has 3 heterocycles. The highest BCUT2D eigenvalue weighted by molar-refractivity contribution is 6.05. The number of halogens is 1. The Morgan fingerprint density at radius 2 is 2.30 bits per heavy atom. The maximum Gasteiger partial charge on any atom is 0.196 e. The third-order valence-electron chi connectivity index (χ3n) is 4.39. The van der Waals surface area contributed by atoms with Crippen molar-refractivity contribution in [3.63, 3.8) is 0 Å². The summed E-state index contributed by atoms with van der Waals surface area (Å²) >= 11 is 0. The molecule has 23 heavy (non-hydrogen) atoms. The molecule has 0 amide bonds. The van der Waals surface area contributed by atoms with Crippen LogP contribution in [0.25, 0.3) is 0 Å². The molecule has 4 rings (SSSR count). The zero-order chi connectivity index (χ0) is 16.1. The van der Waals surface area contributed by atoms with Crippen molar-refractivity contribution in [2.75, 3.05) is 6.61 Å². The number of nitrogens with one attached hydrogen (secondary N) is 1. The summed E-state index contributed by atoms with van der Waals surface area (Å²) in [7, 11) is 0. The van der Waals surface area contributed by atoms with Gasteiger partial charge in [-0.2, -0.15) is 0 Å². The molecule has 126 valence electrons. The van der Waals surface area contributed by atoms with Crippen LogP contribution in [-0.2, 0) is 4.74 Å². The van der Waals surface area contributed by atoms with Crippen molar-refractivity contribution in [2.24, 2.45) is 20.7 Å². The first-order valence-corrected chi connectivity index (χ1v) is 7.65. The van der Waals surface area contributed by atoms with Gasteiger partial charge in [-0.1, -0.05) is 0 Å². The second kappa shape index (κ2) is 5.39. The minimum atomic E-state index is -1.67. The van der Waals surface area contributed by atoms with Gasteiger partial charge in [-0.05, 0) is 12.8 Å². The summed E-state index contributed by atoms with van der Waals surface area (Å²) < 4.78 is 19.7. The van der Waals surface area contributed by atoms with Crippen molar-refractivity contribution in [1.29, 1.82) is 0 Å². The fourth-order valence-corrected chi connectivity index (χ4v) is 3.01. The van der Waals surface area contributed by atoms with E-state index in [2.05, 4.69) is 20.3 Å². The number of ether oxygens (including phenoxy) is 1. The van der Waals surface area contributed by atoms with Crippen LogP contribution in [0.15, 0.2) is 15.0 Å². The third kappa shape index (κ3) is 2.46. The molecule has 0 aromatic heterocycles. The SMILES string of the molecule is NC1=NC2C(N=CN2[C@@H]2O[C@H](CO)[C@@H](O)[C@H]2F)C(=NC2CC2)N1. The largest absolute Gasteiger partial charge is 0.394 e. The molecule has 9 nitrogen and oxygen atoms in total. The number of hydrogen-bond acceptors (Lipinski definition) is 8. The molecular weight excluding hydrogens is 307 g/mol. The maximum atomic E-state index is 14.3. The molecule has 10 heteroatoms. The Kier molecular flexibility index (Phi) is 3.47. The molecule has 0 aromatic rings. The van der Waals surface area contributed by atoms with Crippen LogP contribution in [0.5, 0.6) is 0 Å². The molecular formula is C13H19FN6O3. The van der Waals surface area contributed by atoms with Crippen molar-refractivity contribution in [3.05, 3.63) is 0 Å². The predicted octanol–water partition coefficient (Wildman–Crippen LogP) is -2.08. The van der Waals surface area contributed by atoms with E-state index in [0.29, 0.717) is 5.84 Å². The van der Waals surface area contributed by atoms with Crippen LogP contribution >= 0.6 is 0 Å². The number of aliphatic hydroxyl groups excluding tert-OH is 2. The Labute approximate surface area is 131 Å². The fourth-order valence-electron chi connectivity index (χ4n) is 3.01. The maximum absolute atomic E-state index is 14.3. The highest BCUT2D eigenvalue weighted by atomic mass is 19.1. The minimum Gasteiger partial charge on any atom is -0.394 e. The van der Waals surface area contributed by atoms with Gasteiger partial charge < -0.3 is 30.9 Å². The number of guanidine groups is 1. The van der Waals surface area contributed by atoms with Crippen molar-refractivity contribution in [3.8, 4) is 0 Å². The smallest absolute Gasteiger partial charge is 0.196 e. The number of aliphatic imine (C=N–C) groups is 3. The minimum absolute atomic E-state index is 0.189. The van der Waals surface area contributed by atoms with E-state index in [1.54, 1.807) is 0 Å². The van der Waals surface area contributed by atoms with E-state index < -0.39 is 43.4 Å². The Bertz CT molecular complexity index is 580. The van der Waals surface area contributed by atoms with E-state index in [1.807, 2.05) is 0 Å². The average Bonchev–Trinajstić information content (AvgIpc) is 3.17. The zero-order valence-electron chi connectivity index (χ0n) is 12.3. The Hall–Kier alpha value is -1.78. The van der Waals surface area contributed by atoms with Crippen LogP contribution in [0.1, 0.15) is 12.8 Å². The highest BCUT2D eigenvalue weighted by Crippen LogP contribution is 2.32. The summed E-state index contributed by atoms with van der Waals surface area (Å²) in [6, 6.07) is -0.116. The normalized spacial score (nSPS) is 44.4. The molecule has 0 radical (unpaired) electrons. The molecule has 0 spiro atoms. The molecule has 0 aromatic carbocycles. The first-order valence-electron chi connectivity index (χ1n) is 7.65. The van der Waals surface area contributed by atoms with Crippen LogP contribution < -0.4 is 11.1 Å². The molecule has 2 unspecified atom stereocenters. The van der Waals surface area contributed by atoms with Crippen LogP contribution in [-0.4, -0.2) is 82.7 Å². The van der Waals surface area contributed by atoms with Crippen LogP contribution in [0.2, 0.25) is 0 Å². The molecule has 0 bridgehead atoms. The Morgan fingerprint density at radius 3 is 2.96 bits per heavy atom. The number of rotatable bonds is 3. The predicted molar refractivity (Wildman–Crippen MR) is 79.8 cm³/mol. The molecule has 6 atom stereocenters. The van der Waals surface area contributed by atoms with E-state index >= 15 is 0 Å². The molecule has 5 N–H and O–H groups in total. The van der Waals surface area contributed by atoms with Gasteiger partial charge in [0, 0.05) is 0 Å². The van der Waals surface area contributed by atoms with Gasteiger partial charge >= 0.3 is 0 Å². The number of nitrogens with two attached hydrogens (primary N) is 1. The lowest BCUT2D eigenvalue weighted by Gasteiger charge is -2.33. The molecule has 4 aliphatic rings. The van der Waals surface area contributed by atoms with Gasteiger partial charge in [0.25, 0.3) is 0 Å². The van der Waals surface area contributed by atoms with Gasteiger partial charge in [-0.25, -0.2) is 9.38 Å². The van der Waals surface area contributed by atoms with E-state index in [1.165, 1.54) is 11.2 Å². The number of amidine groups is 1. The summed E-state index contributed by atoms with van der Waals surface area (Å²) in [6.45, 7) is -0.460. The number of alkyl halides is 1. The second-order valence-corrected chi connectivity index (χ2v) is 6.14. The van der Waals surface area contributed by atoms with E-state index in [-0.39, 0.29) is 12.0 Å². The van der Waals surface area contributed by atoms with E-state index in [0.717, 1.165) is 12.8 Å². The van der Waals surface area contributed by atoms with Crippen molar-refractivity contribution >= 4 is 18.1 Å². The molecule has 3 aliphatic heterocycles. The summed E-state index contributed by atoms with van der Waals surface area (Å²) in [5, 5.41) is 21.9. The first-order chi connectivity index (χ1) is 11.1. The van der Waals surface area contributed by atoms with Crippen LogP contribution in [0.4, 0.5) is 4.39 Å². The lowest BCUT2D eigenvalue weighted by molar-refractivity contribution is -0.0693. The summed E-state index contributed by atoms with van der Waals surface area (Å²) in [5.74, 6) is 0.810. The highest BCUT2D eigenvalue weighted by Gasteiger charge is 2.51. The van der Waals surface area contributed by atoms with Gasteiger partial charge in [-0.15, -0.1) is 0 Å².